The van der Waals surface area contributed by atoms with E-state index in [2.05, 4.69) is 5.32 Å². The van der Waals surface area contributed by atoms with E-state index in [9.17, 15) is 14.4 Å². The van der Waals surface area contributed by atoms with Crippen LogP contribution in [0.3, 0.4) is 0 Å². The normalized spacial score (nSPS) is 18.9. The third kappa shape index (κ3) is 9.88. The number of nitrogens with zero attached hydrogens (tertiary/aromatic N) is 1. The van der Waals surface area contributed by atoms with Gasteiger partial charge in [-0.05, 0) is 51.3 Å². The van der Waals surface area contributed by atoms with E-state index in [1.807, 2.05) is 81.4 Å². The standard InChI is InChI=1S/C17H23NO4.C12H15NO2/c1-17(2,3)22-16(20)18-10-9-14(11-18)15(19)21-12-13-7-5-4-6-8-13;14-12(11-6-7-13-8-11)15-9-10-4-2-1-3-5-10/h4-8,14H,9-12H2,1-3H3;1-5,11,13H,6-9H2/t14-;11-/m00/s1. The molecular weight excluding hydrogens is 472 g/mol. The summed E-state index contributed by atoms with van der Waals surface area (Å²) >= 11 is 0. The van der Waals surface area contributed by atoms with E-state index in [-0.39, 0.29) is 36.5 Å². The van der Waals surface area contributed by atoms with Crippen LogP contribution in [0.2, 0.25) is 0 Å². The Labute approximate surface area is 219 Å². The van der Waals surface area contributed by atoms with Crippen LogP contribution in [-0.2, 0) is 37.0 Å². The molecule has 0 saturated carbocycles. The summed E-state index contributed by atoms with van der Waals surface area (Å²) in [6.07, 6.45) is 1.14. The number of esters is 2. The van der Waals surface area contributed by atoms with Gasteiger partial charge in [0.2, 0.25) is 0 Å². The van der Waals surface area contributed by atoms with Gasteiger partial charge in [-0.1, -0.05) is 60.7 Å². The highest BCUT2D eigenvalue weighted by atomic mass is 16.6. The minimum atomic E-state index is -0.525. The van der Waals surface area contributed by atoms with Crippen LogP contribution in [0.4, 0.5) is 4.79 Å². The topological polar surface area (TPSA) is 94.2 Å². The van der Waals surface area contributed by atoms with E-state index in [1.165, 1.54) is 0 Å². The fourth-order valence-corrected chi connectivity index (χ4v) is 3.99. The van der Waals surface area contributed by atoms with Crippen molar-refractivity contribution < 1.29 is 28.6 Å². The second kappa shape index (κ2) is 13.8. The Morgan fingerprint density at radius 1 is 0.838 bits per heavy atom. The number of ether oxygens (including phenoxy) is 3. The van der Waals surface area contributed by atoms with Crippen molar-refractivity contribution in [3.05, 3.63) is 71.8 Å². The SMILES string of the molecule is CC(C)(C)OC(=O)N1CC[C@H](C(=O)OCc2ccccc2)C1.O=C(OCc1ccccc1)[C@H]1CCNC1. The molecule has 2 atom stereocenters. The van der Waals surface area contributed by atoms with E-state index in [1.54, 1.807) is 4.90 Å². The molecule has 0 radical (unpaired) electrons. The van der Waals surface area contributed by atoms with Crippen molar-refractivity contribution in [2.75, 3.05) is 26.2 Å². The third-order valence-electron chi connectivity index (χ3n) is 6.01. The number of benzene rings is 2. The molecule has 0 unspecified atom stereocenters. The van der Waals surface area contributed by atoms with Crippen molar-refractivity contribution in [2.24, 2.45) is 11.8 Å². The van der Waals surface area contributed by atoms with Crippen LogP contribution in [0.15, 0.2) is 60.7 Å². The summed E-state index contributed by atoms with van der Waals surface area (Å²) in [5.74, 6) is -0.552. The number of amides is 1. The summed E-state index contributed by atoms with van der Waals surface area (Å²) in [7, 11) is 0. The molecule has 4 rings (SSSR count). The highest BCUT2D eigenvalue weighted by Crippen LogP contribution is 2.21. The molecule has 0 aromatic heterocycles. The largest absolute Gasteiger partial charge is 0.461 e. The van der Waals surface area contributed by atoms with Gasteiger partial charge >= 0.3 is 18.0 Å². The summed E-state index contributed by atoms with van der Waals surface area (Å²) in [4.78, 5) is 37.2. The van der Waals surface area contributed by atoms with Gasteiger partial charge in [-0.15, -0.1) is 0 Å². The first kappa shape index (κ1) is 28.2. The van der Waals surface area contributed by atoms with Crippen molar-refractivity contribution in [1.29, 1.82) is 0 Å². The van der Waals surface area contributed by atoms with E-state index < -0.39 is 5.60 Å². The molecule has 200 valence electrons. The average molecular weight is 511 g/mol. The van der Waals surface area contributed by atoms with Gasteiger partial charge < -0.3 is 24.4 Å². The van der Waals surface area contributed by atoms with Crippen LogP contribution in [0.1, 0.15) is 44.7 Å². The highest BCUT2D eigenvalue weighted by molar-refractivity contribution is 5.76. The predicted molar refractivity (Wildman–Crippen MR) is 139 cm³/mol. The molecule has 2 aliphatic rings. The molecule has 0 bridgehead atoms. The fourth-order valence-electron chi connectivity index (χ4n) is 3.99. The Morgan fingerprint density at radius 3 is 1.86 bits per heavy atom. The van der Waals surface area contributed by atoms with Gasteiger partial charge in [0.1, 0.15) is 18.8 Å². The molecule has 8 heteroatoms. The van der Waals surface area contributed by atoms with Crippen molar-refractivity contribution in [1.82, 2.24) is 10.2 Å². The van der Waals surface area contributed by atoms with Crippen LogP contribution in [0, 0.1) is 11.8 Å². The van der Waals surface area contributed by atoms with Crippen molar-refractivity contribution in [3.63, 3.8) is 0 Å². The predicted octanol–water partition coefficient (Wildman–Crippen LogP) is 4.33. The molecule has 2 fully saturated rings. The van der Waals surface area contributed by atoms with Gasteiger partial charge in [-0.25, -0.2) is 4.79 Å². The van der Waals surface area contributed by atoms with Crippen molar-refractivity contribution >= 4 is 18.0 Å². The molecule has 37 heavy (non-hydrogen) atoms. The van der Waals surface area contributed by atoms with Crippen LogP contribution in [0.25, 0.3) is 0 Å². The minimum absolute atomic E-state index is 0.0497. The maximum absolute atomic E-state index is 12.1. The maximum Gasteiger partial charge on any atom is 0.410 e. The molecule has 1 N–H and O–H groups in total. The highest BCUT2D eigenvalue weighted by Gasteiger charge is 2.34. The maximum atomic E-state index is 12.1. The third-order valence-corrected chi connectivity index (χ3v) is 6.01. The molecule has 0 aliphatic carbocycles. The summed E-state index contributed by atoms with van der Waals surface area (Å²) in [5.41, 5.74) is 1.47. The number of hydrogen-bond acceptors (Lipinski definition) is 7. The number of nitrogens with one attached hydrogen (secondary N) is 1. The van der Waals surface area contributed by atoms with Gasteiger partial charge in [0, 0.05) is 19.6 Å². The Morgan fingerprint density at radius 2 is 1.38 bits per heavy atom. The molecule has 2 aromatic rings. The minimum Gasteiger partial charge on any atom is -0.461 e. The summed E-state index contributed by atoms with van der Waals surface area (Å²) in [6.45, 7) is 8.70. The first-order chi connectivity index (χ1) is 17.7. The van der Waals surface area contributed by atoms with E-state index in [0.29, 0.717) is 26.1 Å². The zero-order valence-corrected chi connectivity index (χ0v) is 22.0. The zero-order chi connectivity index (χ0) is 26.7. The first-order valence-electron chi connectivity index (χ1n) is 12.8. The van der Waals surface area contributed by atoms with Gasteiger partial charge in [0.15, 0.2) is 0 Å². The number of carbonyl (C=O) groups excluding carboxylic acids is 3. The average Bonchev–Trinajstić information content (AvgIpc) is 3.60. The number of carbonyl (C=O) groups is 3. The number of rotatable bonds is 6. The van der Waals surface area contributed by atoms with Crippen LogP contribution < -0.4 is 5.32 Å². The lowest BCUT2D eigenvalue weighted by Crippen LogP contribution is -2.36. The summed E-state index contributed by atoms with van der Waals surface area (Å²) in [6, 6.07) is 19.3. The summed E-state index contributed by atoms with van der Waals surface area (Å²) < 4.78 is 15.9. The fraction of sp³-hybridized carbons (Fsp3) is 0.483. The second-order valence-corrected chi connectivity index (χ2v) is 10.3. The molecule has 0 spiro atoms. The first-order valence-corrected chi connectivity index (χ1v) is 12.8. The smallest absolute Gasteiger partial charge is 0.410 e. The van der Waals surface area contributed by atoms with E-state index in [0.717, 1.165) is 30.6 Å². The Bertz CT molecular complexity index is 1000. The van der Waals surface area contributed by atoms with Gasteiger partial charge in [0.05, 0.1) is 11.8 Å². The molecular formula is C29H38N2O6. The molecule has 2 aromatic carbocycles. The number of likely N-dealkylation sites (tertiary alicyclic amines) is 1. The zero-order valence-electron chi connectivity index (χ0n) is 22.0. The van der Waals surface area contributed by atoms with Crippen LogP contribution in [0.5, 0.6) is 0 Å². The molecule has 2 aliphatic heterocycles. The lowest BCUT2D eigenvalue weighted by Gasteiger charge is -2.24. The van der Waals surface area contributed by atoms with Crippen LogP contribution in [-0.4, -0.2) is 54.7 Å². The molecule has 8 nitrogen and oxygen atoms in total. The lowest BCUT2D eigenvalue weighted by atomic mass is 10.1. The summed E-state index contributed by atoms with van der Waals surface area (Å²) in [5, 5.41) is 3.15. The lowest BCUT2D eigenvalue weighted by molar-refractivity contribution is -0.150. The van der Waals surface area contributed by atoms with Gasteiger partial charge in [-0.2, -0.15) is 0 Å². The monoisotopic (exact) mass is 510 g/mol. The molecule has 1 amide bonds. The number of hydrogen-bond donors (Lipinski definition) is 1. The molecule has 2 saturated heterocycles. The van der Waals surface area contributed by atoms with E-state index >= 15 is 0 Å². The van der Waals surface area contributed by atoms with Crippen molar-refractivity contribution in [2.45, 2.75) is 52.4 Å². The quantitative estimate of drug-likeness (QED) is 0.457. The molecule has 2 heterocycles. The Hall–Kier alpha value is -3.39. The van der Waals surface area contributed by atoms with Crippen LogP contribution >= 0.6 is 0 Å². The van der Waals surface area contributed by atoms with Gasteiger partial charge in [0.25, 0.3) is 0 Å². The van der Waals surface area contributed by atoms with E-state index in [4.69, 9.17) is 14.2 Å². The van der Waals surface area contributed by atoms with Gasteiger partial charge in [-0.3, -0.25) is 9.59 Å². The Balaban J connectivity index is 0.000000220. The Kier molecular flexibility index (Phi) is 10.5. The van der Waals surface area contributed by atoms with Crippen molar-refractivity contribution in [3.8, 4) is 0 Å². The second-order valence-electron chi connectivity index (χ2n) is 10.3.